The van der Waals surface area contributed by atoms with Crippen LogP contribution in [0.3, 0.4) is 0 Å². The average Bonchev–Trinajstić information content (AvgIpc) is 2.29. The van der Waals surface area contributed by atoms with Crippen molar-refractivity contribution in [2.75, 3.05) is 20.5 Å². The lowest BCUT2D eigenvalue weighted by Crippen LogP contribution is -1.94. The molecule has 0 aliphatic carbocycles. The molecule has 0 aliphatic rings. The van der Waals surface area contributed by atoms with Crippen molar-refractivity contribution in [1.29, 1.82) is 0 Å². The van der Waals surface area contributed by atoms with Gasteiger partial charge >= 0.3 is 7.60 Å². The predicted molar refractivity (Wildman–Crippen MR) is 63.6 cm³/mol. The van der Waals surface area contributed by atoms with E-state index in [1.165, 1.54) is 14.2 Å². The zero-order valence-electron chi connectivity index (χ0n) is 9.10. The van der Waals surface area contributed by atoms with E-state index >= 15 is 0 Å². The molecule has 0 radical (unpaired) electrons. The minimum atomic E-state index is -2.96. The number of hydrogen-bond donors (Lipinski definition) is 0. The maximum Gasteiger partial charge on any atom is 0.334 e. The van der Waals surface area contributed by atoms with Crippen LogP contribution in [0.15, 0.2) is 29.2 Å². The fraction of sp³-hybridized carbons (Fsp3) is 0.400. The molecule has 0 saturated carbocycles. The Balaban J connectivity index is 2.93. The molecule has 5 heteroatoms. The summed E-state index contributed by atoms with van der Waals surface area (Å²) in [5, 5.41) is 0. The fourth-order valence-electron chi connectivity index (χ4n) is 1.25. The van der Waals surface area contributed by atoms with E-state index in [0.29, 0.717) is 6.16 Å². The topological polar surface area (TPSA) is 35.5 Å². The van der Waals surface area contributed by atoms with E-state index in [-0.39, 0.29) is 0 Å². The third-order valence-electron chi connectivity index (χ3n) is 2.11. The van der Waals surface area contributed by atoms with Crippen molar-refractivity contribution < 1.29 is 13.6 Å². The smallest absolute Gasteiger partial charge is 0.312 e. The summed E-state index contributed by atoms with van der Waals surface area (Å²) in [7, 11) is -0.139. The van der Waals surface area contributed by atoms with Crippen molar-refractivity contribution in [3.63, 3.8) is 0 Å². The molecule has 84 valence electrons. The van der Waals surface area contributed by atoms with Crippen molar-refractivity contribution in [3.05, 3.63) is 29.8 Å². The van der Waals surface area contributed by atoms with Crippen LogP contribution in [0.1, 0.15) is 5.56 Å². The van der Waals surface area contributed by atoms with Gasteiger partial charge in [0.05, 0.1) is 6.16 Å². The average molecular weight is 246 g/mol. The van der Waals surface area contributed by atoms with Crippen molar-refractivity contribution >= 4 is 19.4 Å². The van der Waals surface area contributed by atoms with Crippen LogP contribution in [0.2, 0.25) is 0 Å². The van der Waals surface area contributed by atoms with Crippen LogP contribution >= 0.6 is 19.4 Å². The highest BCUT2D eigenvalue weighted by Crippen LogP contribution is 2.50. The summed E-state index contributed by atoms with van der Waals surface area (Å²) < 4.78 is 21.8. The molecule has 3 nitrogen and oxygen atoms in total. The molecule has 1 rings (SSSR count). The third kappa shape index (κ3) is 3.35. The van der Waals surface area contributed by atoms with E-state index in [1.54, 1.807) is 11.8 Å². The molecule has 0 heterocycles. The highest BCUT2D eigenvalue weighted by molar-refractivity contribution is 7.98. The van der Waals surface area contributed by atoms with Crippen LogP contribution in [0.25, 0.3) is 0 Å². The first-order valence-corrected chi connectivity index (χ1v) is 7.43. The zero-order chi connectivity index (χ0) is 11.3. The van der Waals surface area contributed by atoms with E-state index in [2.05, 4.69) is 0 Å². The molecule has 0 unspecified atom stereocenters. The Labute approximate surface area is 94.7 Å². The first-order chi connectivity index (χ1) is 7.15. The molecule has 0 atom stereocenters. The summed E-state index contributed by atoms with van der Waals surface area (Å²) in [6.45, 7) is 0. The van der Waals surface area contributed by atoms with Crippen molar-refractivity contribution in [2.45, 2.75) is 11.1 Å². The highest BCUT2D eigenvalue weighted by atomic mass is 32.2. The van der Waals surface area contributed by atoms with E-state index in [1.807, 2.05) is 30.5 Å². The lowest BCUT2D eigenvalue weighted by Gasteiger charge is -2.15. The van der Waals surface area contributed by atoms with Gasteiger partial charge in [0.25, 0.3) is 0 Å². The summed E-state index contributed by atoms with van der Waals surface area (Å²) in [6, 6.07) is 7.82. The Bertz CT molecular complexity index is 359. The second kappa shape index (κ2) is 5.71. The molecule has 0 fully saturated rings. The maximum atomic E-state index is 11.9. The zero-order valence-corrected chi connectivity index (χ0v) is 10.8. The lowest BCUT2D eigenvalue weighted by atomic mass is 10.2. The Morgan fingerprint density at radius 2 is 1.87 bits per heavy atom. The van der Waals surface area contributed by atoms with Gasteiger partial charge < -0.3 is 9.05 Å². The monoisotopic (exact) mass is 246 g/mol. The fourth-order valence-corrected chi connectivity index (χ4v) is 3.07. The van der Waals surface area contributed by atoms with Gasteiger partial charge in [0.1, 0.15) is 0 Å². The van der Waals surface area contributed by atoms with Gasteiger partial charge in [0, 0.05) is 19.1 Å². The first kappa shape index (κ1) is 12.8. The molecular formula is C10H15O3PS. The molecule has 1 aromatic rings. The molecule has 0 aromatic heterocycles. The normalized spacial score (nSPS) is 11.7. The summed E-state index contributed by atoms with van der Waals surface area (Å²) in [5.41, 5.74) is 0.997. The summed E-state index contributed by atoms with van der Waals surface area (Å²) in [5.74, 6) is 0. The molecule has 0 amide bonds. The second-order valence-electron chi connectivity index (χ2n) is 2.95. The van der Waals surface area contributed by atoms with E-state index in [9.17, 15) is 4.57 Å². The predicted octanol–water partition coefficient (Wildman–Crippen LogP) is 3.39. The van der Waals surface area contributed by atoms with Gasteiger partial charge in [-0.2, -0.15) is 0 Å². The van der Waals surface area contributed by atoms with Crippen LogP contribution in [0.5, 0.6) is 0 Å². The van der Waals surface area contributed by atoms with Crippen LogP contribution in [0.4, 0.5) is 0 Å². The SMILES string of the molecule is COP(=O)(Cc1ccccc1SC)OC. The number of benzene rings is 1. The van der Waals surface area contributed by atoms with Crippen LogP contribution < -0.4 is 0 Å². The molecule has 0 N–H and O–H groups in total. The number of rotatable bonds is 5. The Hall–Kier alpha value is -0.280. The van der Waals surface area contributed by atoms with Gasteiger partial charge in [-0.15, -0.1) is 11.8 Å². The van der Waals surface area contributed by atoms with Gasteiger partial charge in [-0.25, -0.2) is 0 Å². The van der Waals surface area contributed by atoms with Crippen molar-refractivity contribution in [3.8, 4) is 0 Å². The van der Waals surface area contributed by atoms with Gasteiger partial charge in [-0.1, -0.05) is 18.2 Å². The highest BCUT2D eigenvalue weighted by Gasteiger charge is 2.22. The lowest BCUT2D eigenvalue weighted by molar-refractivity contribution is 0.274. The molecule has 0 aliphatic heterocycles. The summed E-state index contributed by atoms with van der Waals surface area (Å²) >= 11 is 1.62. The van der Waals surface area contributed by atoms with E-state index in [4.69, 9.17) is 9.05 Å². The second-order valence-corrected chi connectivity index (χ2v) is 6.06. The Morgan fingerprint density at radius 3 is 2.40 bits per heavy atom. The molecule has 1 aromatic carbocycles. The number of thioether (sulfide) groups is 1. The van der Waals surface area contributed by atoms with Gasteiger partial charge in [0.2, 0.25) is 0 Å². The molecule has 15 heavy (non-hydrogen) atoms. The Morgan fingerprint density at radius 1 is 1.27 bits per heavy atom. The quantitative estimate of drug-likeness (QED) is 0.589. The minimum Gasteiger partial charge on any atom is -0.312 e. The molecule has 0 saturated heterocycles. The van der Waals surface area contributed by atoms with Gasteiger partial charge in [0.15, 0.2) is 0 Å². The van der Waals surface area contributed by atoms with E-state index < -0.39 is 7.60 Å². The minimum absolute atomic E-state index is 0.316. The summed E-state index contributed by atoms with van der Waals surface area (Å²) in [4.78, 5) is 1.10. The first-order valence-electron chi connectivity index (χ1n) is 4.47. The molecule has 0 spiro atoms. The maximum absolute atomic E-state index is 11.9. The third-order valence-corrected chi connectivity index (χ3v) is 4.79. The van der Waals surface area contributed by atoms with Crippen molar-refractivity contribution in [1.82, 2.24) is 0 Å². The Kier molecular flexibility index (Phi) is 4.87. The van der Waals surface area contributed by atoms with Crippen LogP contribution in [0, 0.1) is 0 Å². The number of hydrogen-bond acceptors (Lipinski definition) is 4. The standard InChI is InChI=1S/C10H15O3PS/c1-12-14(11,13-2)8-9-6-4-5-7-10(9)15-3/h4-7H,8H2,1-3H3. The van der Waals surface area contributed by atoms with E-state index in [0.717, 1.165) is 10.5 Å². The van der Waals surface area contributed by atoms with Gasteiger partial charge in [-0.3, -0.25) is 4.57 Å². The van der Waals surface area contributed by atoms with Gasteiger partial charge in [-0.05, 0) is 17.9 Å². The molecular weight excluding hydrogens is 231 g/mol. The summed E-state index contributed by atoms with van der Waals surface area (Å²) in [6.07, 6.45) is 2.31. The van der Waals surface area contributed by atoms with Crippen LogP contribution in [-0.2, 0) is 19.8 Å². The van der Waals surface area contributed by atoms with Crippen LogP contribution in [-0.4, -0.2) is 20.5 Å². The largest absolute Gasteiger partial charge is 0.334 e. The van der Waals surface area contributed by atoms with Crippen molar-refractivity contribution in [2.24, 2.45) is 0 Å². The molecule has 0 bridgehead atoms.